The van der Waals surface area contributed by atoms with Crippen molar-refractivity contribution in [1.29, 1.82) is 0 Å². The molecule has 98 valence electrons. The summed E-state index contributed by atoms with van der Waals surface area (Å²) < 4.78 is 7.35. The highest BCUT2D eigenvalue weighted by atomic mass is 16.5. The van der Waals surface area contributed by atoms with Crippen LogP contribution in [0.5, 0.6) is 5.75 Å². The zero-order valence-electron chi connectivity index (χ0n) is 11.0. The second kappa shape index (κ2) is 3.85. The fourth-order valence-corrected chi connectivity index (χ4v) is 2.68. The minimum atomic E-state index is -1.02. The number of aromatic nitrogens is 2. The van der Waals surface area contributed by atoms with E-state index >= 15 is 0 Å². The number of carboxylic acid groups (broad SMARTS) is 1. The van der Waals surface area contributed by atoms with E-state index in [9.17, 15) is 9.90 Å². The molecule has 0 atom stereocenters. The molecule has 0 fully saturated rings. The summed E-state index contributed by atoms with van der Waals surface area (Å²) in [5.74, 6) is -0.202. The van der Waals surface area contributed by atoms with Crippen LogP contribution in [0, 0.1) is 13.8 Å². The van der Waals surface area contributed by atoms with Gasteiger partial charge in [0, 0.05) is 12.6 Å². The second-order valence-corrected chi connectivity index (χ2v) is 4.85. The van der Waals surface area contributed by atoms with Gasteiger partial charge >= 0.3 is 5.97 Å². The Balaban J connectivity index is 2.33. The average molecular weight is 258 g/mol. The number of rotatable bonds is 1. The molecule has 1 aromatic carbocycles. The van der Waals surface area contributed by atoms with Gasteiger partial charge in [-0.15, -0.1) is 0 Å². The van der Waals surface area contributed by atoms with Crippen LogP contribution in [0.4, 0.5) is 0 Å². The summed E-state index contributed by atoms with van der Waals surface area (Å²) in [6.45, 7) is 4.25. The minimum absolute atomic E-state index is 0.0716. The molecule has 0 aliphatic carbocycles. The predicted octanol–water partition coefficient (Wildman–Crippen LogP) is 2.29. The Morgan fingerprint density at radius 1 is 1.42 bits per heavy atom. The number of carboxylic acids is 1. The summed E-state index contributed by atoms with van der Waals surface area (Å²) >= 11 is 0. The first kappa shape index (κ1) is 11.8. The van der Waals surface area contributed by atoms with Crippen LogP contribution in [-0.2, 0) is 13.7 Å². The van der Waals surface area contributed by atoms with E-state index in [0.717, 1.165) is 28.1 Å². The van der Waals surface area contributed by atoms with E-state index in [1.165, 1.54) is 0 Å². The van der Waals surface area contributed by atoms with Crippen molar-refractivity contribution in [1.82, 2.24) is 9.78 Å². The normalized spacial score (nSPS) is 12.6. The maximum Gasteiger partial charge on any atom is 0.356 e. The fourth-order valence-electron chi connectivity index (χ4n) is 2.68. The molecule has 1 N–H and O–H groups in total. The number of benzene rings is 1. The number of ether oxygens (including phenoxy) is 1. The average Bonchev–Trinajstić information content (AvgIpc) is 2.67. The van der Waals surface area contributed by atoms with E-state index in [-0.39, 0.29) is 12.3 Å². The maximum absolute atomic E-state index is 11.2. The second-order valence-electron chi connectivity index (χ2n) is 4.85. The van der Waals surface area contributed by atoms with Gasteiger partial charge in [0.15, 0.2) is 5.69 Å². The number of aromatic carboxylic acids is 1. The molecule has 2 aromatic rings. The number of hydrogen-bond donors (Lipinski definition) is 1. The van der Waals surface area contributed by atoms with E-state index in [4.69, 9.17) is 4.74 Å². The molecular formula is C14H14N2O3. The van der Waals surface area contributed by atoms with Gasteiger partial charge in [0.2, 0.25) is 0 Å². The van der Waals surface area contributed by atoms with Crippen molar-refractivity contribution in [3.8, 4) is 17.0 Å². The van der Waals surface area contributed by atoms with Gasteiger partial charge in [0.25, 0.3) is 0 Å². The maximum atomic E-state index is 11.2. The predicted molar refractivity (Wildman–Crippen MR) is 69.4 cm³/mol. The number of nitrogens with zero attached hydrogens (tertiary/aromatic N) is 2. The van der Waals surface area contributed by atoms with Crippen LogP contribution in [0.3, 0.4) is 0 Å². The quantitative estimate of drug-likeness (QED) is 0.852. The van der Waals surface area contributed by atoms with Crippen LogP contribution in [0.15, 0.2) is 12.1 Å². The Morgan fingerprint density at radius 2 is 2.16 bits per heavy atom. The molecule has 1 aliphatic rings. The number of carbonyl (C=O) groups is 1. The van der Waals surface area contributed by atoms with Crippen LogP contribution in [0.1, 0.15) is 27.2 Å². The topological polar surface area (TPSA) is 64.3 Å². The smallest absolute Gasteiger partial charge is 0.356 e. The third kappa shape index (κ3) is 1.62. The van der Waals surface area contributed by atoms with Crippen molar-refractivity contribution in [3.63, 3.8) is 0 Å². The molecule has 1 aromatic heterocycles. The first-order chi connectivity index (χ1) is 8.99. The van der Waals surface area contributed by atoms with Crippen molar-refractivity contribution in [2.24, 2.45) is 7.05 Å². The lowest BCUT2D eigenvalue weighted by molar-refractivity contribution is 0.0686. The highest BCUT2D eigenvalue weighted by molar-refractivity contribution is 5.91. The lowest BCUT2D eigenvalue weighted by Crippen LogP contribution is -2.10. The van der Waals surface area contributed by atoms with Gasteiger partial charge in [-0.1, -0.05) is 6.07 Å². The summed E-state index contributed by atoms with van der Waals surface area (Å²) in [5.41, 5.74) is 4.64. The summed E-state index contributed by atoms with van der Waals surface area (Å²) in [6.07, 6.45) is 0. The molecule has 0 radical (unpaired) electrons. The van der Waals surface area contributed by atoms with Gasteiger partial charge in [0.1, 0.15) is 12.4 Å². The highest BCUT2D eigenvalue weighted by Gasteiger charge is 2.29. The van der Waals surface area contributed by atoms with Crippen LogP contribution < -0.4 is 4.74 Å². The number of aryl methyl sites for hydroxylation is 3. The molecule has 5 heteroatoms. The molecule has 19 heavy (non-hydrogen) atoms. The van der Waals surface area contributed by atoms with E-state index in [1.807, 2.05) is 19.9 Å². The monoisotopic (exact) mass is 258 g/mol. The Hall–Kier alpha value is -2.30. The Labute approximate surface area is 110 Å². The summed E-state index contributed by atoms with van der Waals surface area (Å²) in [6, 6.07) is 4.06. The van der Waals surface area contributed by atoms with Gasteiger partial charge in [-0.3, -0.25) is 4.68 Å². The zero-order valence-corrected chi connectivity index (χ0v) is 11.0. The summed E-state index contributed by atoms with van der Waals surface area (Å²) in [7, 11) is 1.76. The molecule has 0 saturated heterocycles. The third-order valence-corrected chi connectivity index (χ3v) is 3.38. The zero-order chi connectivity index (χ0) is 13.7. The summed E-state index contributed by atoms with van der Waals surface area (Å²) in [4.78, 5) is 11.2. The third-order valence-electron chi connectivity index (χ3n) is 3.38. The SMILES string of the molecule is Cc1cc(C)c2c(c1)-c1c(c(C(=O)O)nn1C)CO2. The fraction of sp³-hybridized carbons (Fsp3) is 0.286. The molecule has 0 unspecified atom stereocenters. The van der Waals surface area contributed by atoms with Gasteiger partial charge in [-0.2, -0.15) is 5.10 Å². The molecule has 0 spiro atoms. The first-order valence-corrected chi connectivity index (χ1v) is 6.02. The van der Waals surface area contributed by atoms with Crippen molar-refractivity contribution in [3.05, 3.63) is 34.5 Å². The minimum Gasteiger partial charge on any atom is -0.488 e. The molecular weight excluding hydrogens is 244 g/mol. The van der Waals surface area contributed by atoms with Crippen molar-refractivity contribution in [2.45, 2.75) is 20.5 Å². The molecule has 5 nitrogen and oxygen atoms in total. The molecule has 3 rings (SSSR count). The first-order valence-electron chi connectivity index (χ1n) is 6.02. The van der Waals surface area contributed by atoms with Gasteiger partial charge in [-0.25, -0.2) is 4.79 Å². The number of fused-ring (bicyclic) bond motifs is 3. The highest BCUT2D eigenvalue weighted by Crippen LogP contribution is 2.41. The van der Waals surface area contributed by atoms with E-state index in [1.54, 1.807) is 11.7 Å². The van der Waals surface area contributed by atoms with Crippen molar-refractivity contribution < 1.29 is 14.6 Å². The van der Waals surface area contributed by atoms with E-state index < -0.39 is 5.97 Å². The van der Waals surface area contributed by atoms with Crippen molar-refractivity contribution >= 4 is 5.97 Å². The Bertz CT molecular complexity index is 701. The number of hydrogen-bond acceptors (Lipinski definition) is 3. The largest absolute Gasteiger partial charge is 0.488 e. The Kier molecular flexibility index (Phi) is 2.38. The van der Waals surface area contributed by atoms with Crippen molar-refractivity contribution in [2.75, 3.05) is 0 Å². The van der Waals surface area contributed by atoms with Crippen LogP contribution in [0.25, 0.3) is 11.3 Å². The van der Waals surface area contributed by atoms with Crippen LogP contribution in [0.2, 0.25) is 0 Å². The van der Waals surface area contributed by atoms with Gasteiger partial charge < -0.3 is 9.84 Å². The Morgan fingerprint density at radius 3 is 2.84 bits per heavy atom. The van der Waals surface area contributed by atoms with E-state index in [2.05, 4.69) is 11.2 Å². The molecule has 2 heterocycles. The van der Waals surface area contributed by atoms with Gasteiger partial charge in [0.05, 0.1) is 11.3 Å². The molecule has 0 amide bonds. The lowest BCUT2D eigenvalue weighted by Gasteiger charge is -2.21. The van der Waals surface area contributed by atoms with Crippen LogP contribution in [-0.4, -0.2) is 20.9 Å². The lowest BCUT2D eigenvalue weighted by atomic mass is 9.97. The standard InChI is InChI=1S/C14H14N2O3/c1-7-4-8(2)13-9(5-7)12-10(6-19-13)11(14(17)18)15-16(12)3/h4-5H,6H2,1-3H3,(H,17,18). The molecule has 0 saturated carbocycles. The van der Waals surface area contributed by atoms with E-state index in [0.29, 0.717) is 5.56 Å². The molecule has 1 aliphatic heterocycles. The summed E-state index contributed by atoms with van der Waals surface area (Å²) in [5, 5.41) is 13.3. The van der Waals surface area contributed by atoms with Crippen LogP contribution >= 0.6 is 0 Å². The van der Waals surface area contributed by atoms with Gasteiger partial charge in [-0.05, 0) is 31.0 Å². The molecule has 0 bridgehead atoms.